The summed E-state index contributed by atoms with van der Waals surface area (Å²) in [4.78, 5) is 25.2. The van der Waals surface area contributed by atoms with E-state index in [9.17, 15) is 9.59 Å². The molecule has 2 rings (SSSR count). The van der Waals surface area contributed by atoms with E-state index >= 15 is 0 Å². The van der Waals surface area contributed by atoms with Crippen molar-refractivity contribution in [2.75, 3.05) is 6.61 Å². The lowest BCUT2D eigenvalue weighted by Crippen LogP contribution is -2.41. The van der Waals surface area contributed by atoms with Gasteiger partial charge in [0.05, 0.1) is 12.2 Å². The van der Waals surface area contributed by atoms with E-state index in [4.69, 9.17) is 4.74 Å². The Morgan fingerprint density at radius 2 is 1.88 bits per heavy atom. The Morgan fingerprint density at radius 1 is 1.21 bits per heavy atom. The fraction of sp³-hybridized carbons (Fsp3) is 0.684. The smallest absolute Gasteiger partial charge is 0.355 e. The standard InChI is InChI=1S/C19H30N2O3/c1-6-21-14(5)16(13(4)17(21)19(23)24-7-2)18(22)20-15-11-9-8-10-12(15)3/h12,15H,6-11H2,1-5H3,(H,20,22)/t12-,15-/m0/s1. The third kappa shape index (κ3) is 3.50. The number of hydrogen-bond donors (Lipinski definition) is 1. The topological polar surface area (TPSA) is 60.3 Å². The first kappa shape index (κ1) is 18.6. The van der Waals surface area contributed by atoms with Crippen LogP contribution in [-0.4, -0.2) is 29.1 Å². The molecular weight excluding hydrogens is 304 g/mol. The highest BCUT2D eigenvalue weighted by Crippen LogP contribution is 2.26. The zero-order valence-corrected chi connectivity index (χ0v) is 15.6. The predicted molar refractivity (Wildman–Crippen MR) is 94.4 cm³/mol. The first-order chi connectivity index (χ1) is 11.4. The van der Waals surface area contributed by atoms with Crippen molar-refractivity contribution in [2.24, 2.45) is 5.92 Å². The van der Waals surface area contributed by atoms with Gasteiger partial charge in [-0.2, -0.15) is 0 Å². The molecule has 1 amide bonds. The Bertz CT molecular complexity index is 619. The van der Waals surface area contributed by atoms with Gasteiger partial charge in [-0.05, 0) is 52.0 Å². The molecule has 0 bridgehead atoms. The summed E-state index contributed by atoms with van der Waals surface area (Å²) >= 11 is 0. The molecule has 24 heavy (non-hydrogen) atoms. The summed E-state index contributed by atoms with van der Waals surface area (Å²) in [6.07, 6.45) is 4.60. The molecule has 0 radical (unpaired) electrons. The van der Waals surface area contributed by atoms with E-state index in [-0.39, 0.29) is 17.9 Å². The van der Waals surface area contributed by atoms with E-state index in [2.05, 4.69) is 12.2 Å². The van der Waals surface area contributed by atoms with Crippen LogP contribution in [0.15, 0.2) is 0 Å². The molecule has 1 aromatic rings. The summed E-state index contributed by atoms with van der Waals surface area (Å²) in [6.45, 7) is 10.7. The minimum Gasteiger partial charge on any atom is -0.461 e. The predicted octanol–water partition coefficient (Wildman–Crippen LogP) is 3.61. The van der Waals surface area contributed by atoms with E-state index in [0.29, 0.717) is 35.9 Å². The molecule has 5 nitrogen and oxygen atoms in total. The number of aromatic nitrogens is 1. The maximum absolute atomic E-state index is 12.9. The summed E-state index contributed by atoms with van der Waals surface area (Å²) in [5.74, 6) is 0.0765. The molecule has 1 saturated carbocycles. The van der Waals surface area contributed by atoms with Crippen molar-refractivity contribution in [1.29, 1.82) is 0 Å². The van der Waals surface area contributed by atoms with Crippen molar-refractivity contribution < 1.29 is 14.3 Å². The van der Waals surface area contributed by atoms with Crippen LogP contribution < -0.4 is 5.32 Å². The minimum absolute atomic E-state index is 0.0681. The van der Waals surface area contributed by atoms with Gasteiger partial charge in [0, 0.05) is 18.3 Å². The van der Waals surface area contributed by atoms with Crippen LogP contribution in [0.2, 0.25) is 0 Å². The maximum atomic E-state index is 12.9. The first-order valence-electron chi connectivity index (χ1n) is 9.09. The zero-order valence-electron chi connectivity index (χ0n) is 15.6. The lowest BCUT2D eigenvalue weighted by Gasteiger charge is -2.29. The number of esters is 1. The van der Waals surface area contributed by atoms with Crippen molar-refractivity contribution in [3.05, 3.63) is 22.5 Å². The van der Waals surface area contributed by atoms with Crippen LogP contribution in [0, 0.1) is 19.8 Å². The Balaban J connectivity index is 2.32. The fourth-order valence-electron chi connectivity index (χ4n) is 3.86. The van der Waals surface area contributed by atoms with Gasteiger partial charge in [-0.15, -0.1) is 0 Å². The normalized spacial score (nSPS) is 20.7. The van der Waals surface area contributed by atoms with E-state index in [0.717, 1.165) is 25.0 Å². The number of hydrogen-bond acceptors (Lipinski definition) is 3. The number of nitrogens with one attached hydrogen (secondary N) is 1. The molecule has 5 heteroatoms. The number of nitrogens with zero attached hydrogens (tertiary/aromatic N) is 1. The monoisotopic (exact) mass is 334 g/mol. The summed E-state index contributed by atoms with van der Waals surface area (Å²) < 4.78 is 7.06. The van der Waals surface area contributed by atoms with Crippen LogP contribution in [0.25, 0.3) is 0 Å². The summed E-state index contributed by atoms with van der Waals surface area (Å²) in [6, 6.07) is 0.223. The molecule has 1 aliphatic carbocycles. The molecule has 1 aromatic heterocycles. The van der Waals surface area contributed by atoms with Crippen LogP contribution >= 0.6 is 0 Å². The molecule has 2 atom stereocenters. The Morgan fingerprint density at radius 3 is 2.46 bits per heavy atom. The zero-order chi connectivity index (χ0) is 17.9. The van der Waals surface area contributed by atoms with Crippen LogP contribution in [0.1, 0.15) is 78.6 Å². The number of amides is 1. The van der Waals surface area contributed by atoms with Gasteiger partial charge in [0.15, 0.2) is 0 Å². The van der Waals surface area contributed by atoms with E-state index in [1.165, 1.54) is 6.42 Å². The highest BCUT2D eigenvalue weighted by Gasteiger charge is 2.29. The van der Waals surface area contributed by atoms with Gasteiger partial charge in [-0.3, -0.25) is 4.79 Å². The molecule has 1 heterocycles. The second-order valence-electron chi connectivity index (χ2n) is 6.74. The van der Waals surface area contributed by atoms with Gasteiger partial charge in [0.1, 0.15) is 5.69 Å². The lowest BCUT2D eigenvalue weighted by atomic mass is 9.86. The van der Waals surface area contributed by atoms with E-state index in [1.54, 1.807) is 6.92 Å². The van der Waals surface area contributed by atoms with Crippen molar-refractivity contribution in [1.82, 2.24) is 9.88 Å². The van der Waals surface area contributed by atoms with Gasteiger partial charge < -0.3 is 14.6 Å². The molecule has 1 aliphatic rings. The molecule has 134 valence electrons. The van der Waals surface area contributed by atoms with Crippen LogP contribution in [0.3, 0.4) is 0 Å². The second-order valence-corrected chi connectivity index (χ2v) is 6.74. The lowest BCUT2D eigenvalue weighted by molar-refractivity contribution is 0.0512. The average Bonchev–Trinajstić information content (AvgIpc) is 2.80. The second kappa shape index (κ2) is 7.86. The van der Waals surface area contributed by atoms with Crippen molar-refractivity contribution in [2.45, 2.75) is 72.9 Å². The third-order valence-corrected chi connectivity index (χ3v) is 5.21. The minimum atomic E-state index is -0.356. The highest BCUT2D eigenvalue weighted by molar-refractivity contribution is 6.01. The van der Waals surface area contributed by atoms with Crippen molar-refractivity contribution in [3.8, 4) is 0 Å². The van der Waals surface area contributed by atoms with Crippen molar-refractivity contribution in [3.63, 3.8) is 0 Å². The molecule has 0 saturated heterocycles. The largest absolute Gasteiger partial charge is 0.461 e. The molecular formula is C19H30N2O3. The quantitative estimate of drug-likeness (QED) is 0.837. The van der Waals surface area contributed by atoms with Crippen LogP contribution in [0.4, 0.5) is 0 Å². The van der Waals surface area contributed by atoms with Gasteiger partial charge >= 0.3 is 5.97 Å². The SMILES string of the molecule is CCOC(=O)c1c(C)c(C(=O)N[C@H]2CCCC[C@@H]2C)c(C)n1CC. The van der Waals surface area contributed by atoms with Crippen LogP contribution in [-0.2, 0) is 11.3 Å². The molecule has 0 spiro atoms. The number of rotatable bonds is 5. The van der Waals surface area contributed by atoms with E-state index in [1.807, 2.05) is 25.3 Å². The summed E-state index contributed by atoms with van der Waals surface area (Å²) in [5, 5.41) is 3.20. The van der Waals surface area contributed by atoms with Crippen LogP contribution in [0.5, 0.6) is 0 Å². The van der Waals surface area contributed by atoms with Gasteiger partial charge in [0.25, 0.3) is 5.91 Å². The van der Waals surface area contributed by atoms with E-state index < -0.39 is 0 Å². The van der Waals surface area contributed by atoms with Crippen molar-refractivity contribution >= 4 is 11.9 Å². The molecule has 0 unspecified atom stereocenters. The fourth-order valence-corrected chi connectivity index (χ4v) is 3.86. The maximum Gasteiger partial charge on any atom is 0.355 e. The first-order valence-corrected chi connectivity index (χ1v) is 9.09. The Hall–Kier alpha value is -1.78. The number of carbonyl (C=O) groups is 2. The Kier molecular flexibility index (Phi) is 6.08. The average molecular weight is 334 g/mol. The number of ether oxygens (including phenoxy) is 1. The van der Waals surface area contributed by atoms with Gasteiger partial charge in [0.2, 0.25) is 0 Å². The Labute approximate surface area is 144 Å². The molecule has 0 aromatic carbocycles. The molecule has 1 N–H and O–H groups in total. The summed E-state index contributed by atoms with van der Waals surface area (Å²) in [7, 11) is 0. The third-order valence-electron chi connectivity index (χ3n) is 5.21. The number of carbonyl (C=O) groups excluding carboxylic acids is 2. The highest BCUT2D eigenvalue weighted by atomic mass is 16.5. The molecule has 0 aliphatic heterocycles. The molecule has 1 fully saturated rings. The van der Waals surface area contributed by atoms with Gasteiger partial charge in [-0.1, -0.05) is 19.8 Å². The summed E-state index contributed by atoms with van der Waals surface area (Å²) in [5.41, 5.74) is 2.67. The van der Waals surface area contributed by atoms with Gasteiger partial charge in [-0.25, -0.2) is 4.79 Å².